The molecule has 0 saturated carbocycles. The van der Waals surface area contributed by atoms with Crippen LogP contribution in [0.3, 0.4) is 0 Å². The molecule has 1 N–H and O–H groups in total. The molecule has 3 aromatic rings. The van der Waals surface area contributed by atoms with E-state index in [-0.39, 0.29) is 24.2 Å². The van der Waals surface area contributed by atoms with Gasteiger partial charge in [-0.15, -0.1) is 0 Å². The number of hydrogen-bond acceptors (Lipinski definition) is 3. The fourth-order valence-electron chi connectivity index (χ4n) is 5.30. The molecular formula is C27H28N2O2. The van der Waals surface area contributed by atoms with Crippen LogP contribution in [0.1, 0.15) is 29.9 Å². The first-order valence-electron chi connectivity index (χ1n) is 11.2. The maximum Gasteiger partial charge on any atom is 0.411 e. The van der Waals surface area contributed by atoms with E-state index in [9.17, 15) is 4.79 Å². The van der Waals surface area contributed by atoms with Crippen LogP contribution >= 0.6 is 0 Å². The predicted octanol–water partition coefficient (Wildman–Crippen LogP) is 5.53. The van der Waals surface area contributed by atoms with Crippen LogP contribution in [0.15, 0.2) is 91.0 Å². The molecular weight excluding hydrogens is 384 g/mol. The van der Waals surface area contributed by atoms with E-state index >= 15 is 0 Å². The summed E-state index contributed by atoms with van der Waals surface area (Å²) < 4.78 is 6.17. The molecule has 0 aromatic heterocycles. The lowest BCUT2D eigenvalue weighted by Gasteiger charge is -2.52. The van der Waals surface area contributed by atoms with Gasteiger partial charge in [0.15, 0.2) is 0 Å². The second kappa shape index (κ2) is 8.94. The third-order valence-corrected chi connectivity index (χ3v) is 6.72. The Hall–Kier alpha value is -3.11. The van der Waals surface area contributed by atoms with Crippen LogP contribution in [0.25, 0.3) is 0 Å². The van der Waals surface area contributed by atoms with Gasteiger partial charge in [-0.1, -0.05) is 78.9 Å². The highest BCUT2D eigenvalue weighted by Gasteiger charge is 2.48. The van der Waals surface area contributed by atoms with Gasteiger partial charge in [-0.2, -0.15) is 0 Å². The third kappa shape index (κ3) is 4.21. The van der Waals surface area contributed by atoms with Crippen LogP contribution in [0.2, 0.25) is 0 Å². The van der Waals surface area contributed by atoms with Gasteiger partial charge in [0.1, 0.15) is 6.10 Å². The molecule has 2 bridgehead atoms. The summed E-state index contributed by atoms with van der Waals surface area (Å²) in [7, 11) is 0. The highest BCUT2D eigenvalue weighted by atomic mass is 16.6. The highest BCUT2D eigenvalue weighted by Crippen LogP contribution is 2.43. The molecule has 2 atom stereocenters. The molecule has 31 heavy (non-hydrogen) atoms. The molecule has 3 aromatic carbocycles. The van der Waals surface area contributed by atoms with Gasteiger partial charge < -0.3 is 4.74 Å². The molecule has 4 nitrogen and oxygen atoms in total. The lowest BCUT2D eigenvalue weighted by atomic mass is 9.72. The summed E-state index contributed by atoms with van der Waals surface area (Å²) in [6.07, 6.45) is 1.65. The number of fused-ring (bicyclic) bond motifs is 3. The molecule has 4 heteroatoms. The standard InChI is InChI=1S/C27H28N2O2/c30-27(28-23-14-8-3-9-15-23)31-26-22-16-18-29(19-17-22)25(26)24(20-10-4-1-5-11-20)21-12-6-2-7-13-21/h1-15,22,24-26H,16-19H2,(H,28,30)/t25-,26-/m0/s1. The van der Waals surface area contributed by atoms with E-state index in [2.05, 4.69) is 70.9 Å². The maximum absolute atomic E-state index is 12.8. The van der Waals surface area contributed by atoms with E-state index in [0.29, 0.717) is 5.92 Å². The lowest BCUT2D eigenvalue weighted by Crippen LogP contribution is -2.61. The summed E-state index contributed by atoms with van der Waals surface area (Å²) in [6.45, 7) is 2.12. The van der Waals surface area contributed by atoms with Crippen molar-refractivity contribution < 1.29 is 9.53 Å². The number of hydrogen-bond donors (Lipinski definition) is 1. The van der Waals surface area contributed by atoms with Crippen LogP contribution in [-0.4, -0.2) is 36.2 Å². The van der Waals surface area contributed by atoms with Gasteiger partial charge in [-0.05, 0) is 49.2 Å². The Labute approximate surface area is 183 Å². The van der Waals surface area contributed by atoms with Crippen LogP contribution in [0.5, 0.6) is 0 Å². The van der Waals surface area contributed by atoms with Crippen LogP contribution in [0.4, 0.5) is 10.5 Å². The number of carbonyl (C=O) groups is 1. The van der Waals surface area contributed by atoms with Gasteiger partial charge in [-0.3, -0.25) is 10.2 Å². The molecule has 1 amide bonds. The number of benzene rings is 3. The average molecular weight is 413 g/mol. The SMILES string of the molecule is O=C(Nc1ccccc1)O[C@H]1C2CCN(CC2)[C@H]1C(c1ccccc1)c1ccccc1. The zero-order chi connectivity index (χ0) is 21.0. The predicted molar refractivity (Wildman–Crippen MR) is 123 cm³/mol. The third-order valence-electron chi connectivity index (χ3n) is 6.72. The quantitative estimate of drug-likeness (QED) is 0.599. The van der Waals surface area contributed by atoms with Crippen molar-refractivity contribution in [1.82, 2.24) is 4.90 Å². The summed E-state index contributed by atoms with van der Waals surface area (Å²) in [4.78, 5) is 15.4. The average Bonchev–Trinajstić information content (AvgIpc) is 2.83. The van der Waals surface area contributed by atoms with Crippen molar-refractivity contribution in [3.8, 4) is 0 Å². The number of nitrogens with zero attached hydrogens (tertiary/aromatic N) is 1. The molecule has 3 saturated heterocycles. The minimum atomic E-state index is -0.366. The number of nitrogens with one attached hydrogen (secondary N) is 1. The van der Waals surface area contributed by atoms with E-state index in [1.807, 2.05) is 30.3 Å². The van der Waals surface area contributed by atoms with Gasteiger partial charge in [-0.25, -0.2) is 4.79 Å². The Morgan fingerprint density at radius 3 is 1.87 bits per heavy atom. The number of amides is 1. The summed E-state index contributed by atoms with van der Waals surface area (Å²) in [6, 6.07) is 30.9. The number of para-hydroxylation sites is 1. The molecule has 0 unspecified atom stereocenters. The highest BCUT2D eigenvalue weighted by molar-refractivity contribution is 5.84. The minimum absolute atomic E-state index is 0.124. The van der Waals surface area contributed by atoms with Crippen molar-refractivity contribution in [1.29, 1.82) is 0 Å². The monoisotopic (exact) mass is 412 g/mol. The smallest absolute Gasteiger partial charge is 0.411 e. The van der Waals surface area contributed by atoms with Crippen molar-refractivity contribution in [2.45, 2.75) is 30.9 Å². The maximum atomic E-state index is 12.8. The zero-order valence-electron chi connectivity index (χ0n) is 17.6. The molecule has 3 aliphatic rings. The van der Waals surface area contributed by atoms with Crippen LogP contribution < -0.4 is 5.32 Å². The molecule has 3 fully saturated rings. The van der Waals surface area contributed by atoms with Crippen molar-refractivity contribution in [3.05, 3.63) is 102 Å². The first kappa shape index (κ1) is 19.8. The summed E-state index contributed by atoms with van der Waals surface area (Å²) in [5.41, 5.74) is 3.29. The van der Waals surface area contributed by atoms with Gasteiger partial charge in [0.2, 0.25) is 0 Å². The second-order valence-corrected chi connectivity index (χ2v) is 8.52. The van der Waals surface area contributed by atoms with Gasteiger partial charge in [0.05, 0.1) is 6.04 Å². The first-order valence-corrected chi connectivity index (χ1v) is 11.2. The van der Waals surface area contributed by atoms with E-state index < -0.39 is 0 Å². The summed E-state index contributed by atoms with van der Waals surface area (Å²) in [5, 5.41) is 2.91. The number of piperidine rings is 3. The summed E-state index contributed by atoms with van der Waals surface area (Å²) >= 11 is 0. The Morgan fingerprint density at radius 2 is 1.32 bits per heavy atom. The normalized spacial score (nSPS) is 24.7. The number of rotatable bonds is 5. The number of anilines is 1. The molecule has 3 heterocycles. The number of carbonyl (C=O) groups excluding carboxylic acids is 1. The fourth-order valence-corrected chi connectivity index (χ4v) is 5.30. The van der Waals surface area contributed by atoms with Gasteiger partial charge >= 0.3 is 6.09 Å². The Kier molecular flexibility index (Phi) is 5.72. The molecule has 0 spiro atoms. The van der Waals surface area contributed by atoms with E-state index in [0.717, 1.165) is 31.6 Å². The first-order chi connectivity index (χ1) is 15.3. The number of ether oxygens (including phenoxy) is 1. The fraction of sp³-hybridized carbons (Fsp3) is 0.296. The van der Waals surface area contributed by atoms with Crippen LogP contribution in [-0.2, 0) is 4.74 Å². The molecule has 6 rings (SSSR count). The molecule has 3 aliphatic heterocycles. The summed E-state index contributed by atoms with van der Waals surface area (Å²) in [5.74, 6) is 0.548. The zero-order valence-corrected chi connectivity index (χ0v) is 17.6. The largest absolute Gasteiger partial charge is 0.444 e. The van der Waals surface area contributed by atoms with Crippen LogP contribution in [0, 0.1) is 5.92 Å². The van der Waals surface area contributed by atoms with Crippen molar-refractivity contribution in [2.75, 3.05) is 18.4 Å². The van der Waals surface area contributed by atoms with E-state index in [1.54, 1.807) is 0 Å². The Balaban J connectivity index is 1.47. The molecule has 0 radical (unpaired) electrons. The Morgan fingerprint density at radius 1 is 0.806 bits per heavy atom. The van der Waals surface area contributed by atoms with Gasteiger partial charge in [0.25, 0.3) is 0 Å². The molecule has 0 aliphatic carbocycles. The second-order valence-electron chi connectivity index (χ2n) is 8.52. The van der Waals surface area contributed by atoms with Crippen molar-refractivity contribution >= 4 is 11.8 Å². The Bertz CT molecular complexity index is 946. The van der Waals surface area contributed by atoms with Crippen molar-refractivity contribution in [2.24, 2.45) is 5.92 Å². The van der Waals surface area contributed by atoms with Gasteiger partial charge in [0, 0.05) is 17.5 Å². The lowest BCUT2D eigenvalue weighted by molar-refractivity contribution is -0.0797. The topological polar surface area (TPSA) is 41.6 Å². The molecule has 158 valence electrons. The van der Waals surface area contributed by atoms with E-state index in [4.69, 9.17) is 4.74 Å². The van der Waals surface area contributed by atoms with Crippen molar-refractivity contribution in [3.63, 3.8) is 0 Å². The van der Waals surface area contributed by atoms with E-state index in [1.165, 1.54) is 11.1 Å². The minimum Gasteiger partial charge on any atom is -0.444 e.